The first-order valence-corrected chi connectivity index (χ1v) is 10.4. The molecule has 0 aliphatic heterocycles. The number of nitro benzene ring substituents is 1. The van der Waals surface area contributed by atoms with Crippen LogP contribution < -0.4 is 20.6 Å². The molecule has 9 nitrogen and oxygen atoms in total. The van der Waals surface area contributed by atoms with Crippen molar-refractivity contribution in [3.05, 3.63) is 91.0 Å². The molecule has 0 heterocycles. The highest BCUT2D eigenvalue weighted by Crippen LogP contribution is 2.34. The Morgan fingerprint density at radius 2 is 1.94 bits per heavy atom. The standard InChI is InChI=1S/C22H19IN4O5/c1-31-20-11-15(12-25-26-22(28)17-4-2-3-5-19(17)24)10-18(23)21(20)32-13-14-6-8-16(9-7-14)27(29)30/h2-12H,13,24H2,1H3,(H,26,28)/b25-12+. The van der Waals surface area contributed by atoms with Crippen molar-refractivity contribution in [1.82, 2.24) is 5.43 Å². The zero-order chi connectivity index (χ0) is 23.1. The summed E-state index contributed by atoms with van der Waals surface area (Å²) in [5.74, 6) is 0.604. The van der Waals surface area contributed by atoms with Crippen molar-refractivity contribution in [3.8, 4) is 11.5 Å². The van der Waals surface area contributed by atoms with E-state index >= 15 is 0 Å². The Bertz CT molecular complexity index is 1170. The lowest BCUT2D eigenvalue weighted by Crippen LogP contribution is -2.19. The van der Waals surface area contributed by atoms with Crippen LogP contribution in [0, 0.1) is 13.7 Å². The number of nitrogen functional groups attached to an aromatic ring is 1. The number of nitrogens with one attached hydrogen (secondary N) is 1. The molecule has 164 valence electrons. The molecule has 3 N–H and O–H groups in total. The molecule has 3 rings (SSSR count). The van der Waals surface area contributed by atoms with E-state index in [0.29, 0.717) is 28.3 Å². The average Bonchev–Trinajstić information content (AvgIpc) is 2.78. The van der Waals surface area contributed by atoms with E-state index in [1.807, 2.05) is 6.07 Å². The lowest BCUT2D eigenvalue weighted by atomic mass is 10.2. The Labute approximate surface area is 197 Å². The average molecular weight is 546 g/mol. The maximum absolute atomic E-state index is 12.2. The number of nitro groups is 1. The second kappa shape index (κ2) is 10.6. The predicted octanol–water partition coefficient (Wildman–Crippen LogP) is 4.13. The molecule has 3 aromatic rings. The maximum Gasteiger partial charge on any atom is 0.273 e. The number of benzene rings is 3. The highest BCUT2D eigenvalue weighted by atomic mass is 127. The van der Waals surface area contributed by atoms with Gasteiger partial charge in [-0.1, -0.05) is 12.1 Å². The van der Waals surface area contributed by atoms with Crippen molar-refractivity contribution in [2.24, 2.45) is 5.10 Å². The van der Waals surface area contributed by atoms with Crippen LogP contribution in [0.3, 0.4) is 0 Å². The van der Waals surface area contributed by atoms with Gasteiger partial charge in [-0.15, -0.1) is 0 Å². The molecule has 0 aliphatic carbocycles. The van der Waals surface area contributed by atoms with E-state index in [4.69, 9.17) is 15.2 Å². The molecule has 0 saturated carbocycles. The quantitative estimate of drug-likeness (QED) is 0.144. The van der Waals surface area contributed by atoms with Crippen molar-refractivity contribution >= 4 is 46.1 Å². The van der Waals surface area contributed by atoms with Crippen molar-refractivity contribution in [2.75, 3.05) is 12.8 Å². The molecule has 0 spiro atoms. The minimum absolute atomic E-state index is 0.0200. The van der Waals surface area contributed by atoms with E-state index in [9.17, 15) is 14.9 Å². The first-order chi connectivity index (χ1) is 15.4. The zero-order valence-corrected chi connectivity index (χ0v) is 19.1. The number of carbonyl (C=O) groups is 1. The number of rotatable bonds is 8. The number of para-hydroxylation sites is 1. The van der Waals surface area contributed by atoms with Gasteiger partial charge >= 0.3 is 0 Å². The van der Waals surface area contributed by atoms with Crippen LogP contribution in [0.4, 0.5) is 11.4 Å². The number of hydrazone groups is 1. The van der Waals surface area contributed by atoms with Gasteiger partial charge in [-0.05, 0) is 70.1 Å². The monoisotopic (exact) mass is 546 g/mol. The number of amides is 1. The maximum atomic E-state index is 12.2. The van der Waals surface area contributed by atoms with Crippen LogP contribution in [-0.4, -0.2) is 24.2 Å². The summed E-state index contributed by atoms with van der Waals surface area (Å²) < 4.78 is 12.1. The summed E-state index contributed by atoms with van der Waals surface area (Å²) in [4.78, 5) is 22.5. The minimum atomic E-state index is -0.450. The van der Waals surface area contributed by atoms with Crippen molar-refractivity contribution < 1.29 is 19.2 Å². The number of carbonyl (C=O) groups excluding carboxylic acids is 1. The van der Waals surface area contributed by atoms with Gasteiger partial charge in [0.25, 0.3) is 11.6 Å². The number of halogens is 1. The Hall–Kier alpha value is -3.67. The fourth-order valence-electron chi connectivity index (χ4n) is 2.75. The molecule has 10 heteroatoms. The molecule has 0 saturated heterocycles. The van der Waals surface area contributed by atoms with Crippen LogP contribution in [0.15, 0.2) is 65.8 Å². The molecular weight excluding hydrogens is 527 g/mol. The van der Waals surface area contributed by atoms with Gasteiger partial charge < -0.3 is 15.2 Å². The molecule has 0 bridgehead atoms. The number of non-ortho nitro benzene ring substituents is 1. The number of hydrogen-bond donors (Lipinski definition) is 2. The molecule has 0 fully saturated rings. The number of methoxy groups -OCH3 is 1. The normalized spacial score (nSPS) is 10.7. The molecule has 1 amide bonds. The third-order valence-corrected chi connectivity index (χ3v) is 5.17. The Morgan fingerprint density at radius 3 is 2.59 bits per heavy atom. The Morgan fingerprint density at radius 1 is 1.22 bits per heavy atom. The van der Waals surface area contributed by atoms with Gasteiger partial charge in [-0.3, -0.25) is 14.9 Å². The van der Waals surface area contributed by atoms with Crippen LogP contribution in [-0.2, 0) is 6.61 Å². The molecule has 3 aromatic carbocycles. The number of ether oxygens (including phenoxy) is 2. The van der Waals surface area contributed by atoms with E-state index in [0.717, 1.165) is 9.13 Å². The molecule has 0 unspecified atom stereocenters. The van der Waals surface area contributed by atoms with Gasteiger partial charge in [-0.2, -0.15) is 5.10 Å². The number of nitrogens with two attached hydrogens (primary N) is 1. The van der Waals surface area contributed by atoms with Gasteiger partial charge in [0.2, 0.25) is 0 Å². The summed E-state index contributed by atoms with van der Waals surface area (Å²) in [5, 5.41) is 14.8. The third kappa shape index (κ3) is 5.72. The van der Waals surface area contributed by atoms with E-state index in [1.54, 1.807) is 42.5 Å². The second-order valence-corrected chi connectivity index (χ2v) is 7.69. The Balaban J connectivity index is 1.69. The molecule has 0 atom stereocenters. The summed E-state index contributed by atoms with van der Waals surface area (Å²) in [6.45, 7) is 0.215. The van der Waals surface area contributed by atoms with Crippen LogP contribution in [0.1, 0.15) is 21.5 Å². The molecule has 0 radical (unpaired) electrons. The lowest BCUT2D eigenvalue weighted by molar-refractivity contribution is -0.384. The van der Waals surface area contributed by atoms with E-state index < -0.39 is 10.8 Å². The first-order valence-electron chi connectivity index (χ1n) is 9.30. The smallest absolute Gasteiger partial charge is 0.273 e. The number of nitrogens with zero attached hydrogens (tertiary/aromatic N) is 2. The summed E-state index contributed by atoms with van der Waals surface area (Å²) >= 11 is 2.11. The van der Waals surface area contributed by atoms with Crippen LogP contribution in [0.25, 0.3) is 0 Å². The molecule has 0 aromatic heterocycles. The van der Waals surface area contributed by atoms with Gasteiger partial charge in [0, 0.05) is 17.8 Å². The molecule has 0 aliphatic rings. The summed E-state index contributed by atoms with van der Waals surface area (Å²) in [6, 6.07) is 16.4. The summed E-state index contributed by atoms with van der Waals surface area (Å²) in [7, 11) is 1.52. The van der Waals surface area contributed by atoms with Crippen molar-refractivity contribution in [3.63, 3.8) is 0 Å². The van der Waals surface area contributed by atoms with Gasteiger partial charge in [0.1, 0.15) is 6.61 Å². The fraction of sp³-hybridized carbons (Fsp3) is 0.0909. The largest absolute Gasteiger partial charge is 0.493 e. The van der Waals surface area contributed by atoms with Gasteiger partial charge in [0.05, 0.1) is 27.4 Å². The van der Waals surface area contributed by atoms with Crippen LogP contribution >= 0.6 is 22.6 Å². The molecular formula is C22H19IN4O5. The number of anilines is 1. The summed E-state index contributed by atoms with van der Waals surface area (Å²) in [5.41, 5.74) is 10.4. The predicted molar refractivity (Wildman–Crippen MR) is 129 cm³/mol. The molecule has 32 heavy (non-hydrogen) atoms. The second-order valence-electron chi connectivity index (χ2n) is 6.53. The van der Waals surface area contributed by atoms with E-state index in [2.05, 4.69) is 33.1 Å². The van der Waals surface area contributed by atoms with Crippen molar-refractivity contribution in [1.29, 1.82) is 0 Å². The van der Waals surface area contributed by atoms with Crippen molar-refractivity contribution in [2.45, 2.75) is 6.61 Å². The lowest BCUT2D eigenvalue weighted by Gasteiger charge is -2.13. The minimum Gasteiger partial charge on any atom is -0.493 e. The number of hydrogen-bond acceptors (Lipinski definition) is 7. The van der Waals surface area contributed by atoms with E-state index in [1.165, 1.54) is 25.5 Å². The Kier molecular flexibility index (Phi) is 7.60. The van der Waals surface area contributed by atoms with Gasteiger partial charge in [0.15, 0.2) is 11.5 Å². The fourth-order valence-corrected chi connectivity index (χ4v) is 3.53. The van der Waals surface area contributed by atoms with Crippen LogP contribution in [0.2, 0.25) is 0 Å². The van der Waals surface area contributed by atoms with E-state index in [-0.39, 0.29) is 12.3 Å². The first kappa shape index (κ1) is 23.0. The van der Waals surface area contributed by atoms with Crippen LogP contribution in [0.5, 0.6) is 11.5 Å². The highest BCUT2D eigenvalue weighted by molar-refractivity contribution is 14.1. The zero-order valence-electron chi connectivity index (χ0n) is 16.9. The highest BCUT2D eigenvalue weighted by Gasteiger charge is 2.13. The SMILES string of the molecule is COc1cc(/C=N/NC(=O)c2ccccc2N)cc(I)c1OCc1ccc([N+](=O)[O-])cc1. The summed E-state index contributed by atoms with van der Waals surface area (Å²) in [6.07, 6.45) is 1.49. The third-order valence-electron chi connectivity index (χ3n) is 4.37. The van der Waals surface area contributed by atoms with Gasteiger partial charge in [-0.25, -0.2) is 5.43 Å². The topological polar surface area (TPSA) is 129 Å².